The topological polar surface area (TPSA) is 42.0 Å². The van der Waals surface area contributed by atoms with Gasteiger partial charge in [-0.15, -0.1) is 0 Å². The number of nitrogens with zero attached hydrogens (tertiary/aromatic N) is 1. The van der Waals surface area contributed by atoms with Gasteiger partial charge < -0.3 is 0 Å². The molecule has 3 nitrogen and oxygen atoms in total. The molecule has 1 aromatic heterocycles. The third kappa shape index (κ3) is 2.79. The Labute approximate surface area is 130 Å². The number of amides is 1. The van der Waals surface area contributed by atoms with E-state index < -0.39 is 23.1 Å². The molecule has 3 rings (SSSR count). The second-order valence-corrected chi connectivity index (χ2v) is 6.13. The first-order valence-corrected chi connectivity index (χ1v) is 7.47. The molecule has 0 aliphatic heterocycles. The molecular weight excluding hydrogens is 362 g/mol. The van der Waals surface area contributed by atoms with Crippen LogP contribution in [0.15, 0.2) is 40.9 Å². The number of hydrogen-bond donors (Lipinski definition) is 1. The lowest BCUT2D eigenvalue weighted by molar-refractivity contribution is 0.101. The van der Waals surface area contributed by atoms with Gasteiger partial charge >= 0.3 is 0 Å². The zero-order valence-corrected chi connectivity index (χ0v) is 12.8. The summed E-state index contributed by atoms with van der Waals surface area (Å²) in [6.45, 7) is 0. The van der Waals surface area contributed by atoms with Gasteiger partial charge in [0.25, 0.3) is 5.91 Å². The van der Waals surface area contributed by atoms with Crippen molar-refractivity contribution in [1.29, 1.82) is 0 Å². The summed E-state index contributed by atoms with van der Waals surface area (Å²) in [6, 6.07) is 8.74. The molecule has 0 saturated carbocycles. The first kappa shape index (κ1) is 14.1. The van der Waals surface area contributed by atoms with Crippen LogP contribution in [0, 0.1) is 11.6 Å². The molecule has 21 heavy (non-hydrogen) atoms. The third-order valence-electron chi connectivity index (χ3n) is 2.76. The van der Waals surface area contributed by atoms with E-state index in [1.165, 1.54) is 17.4 Å². The minimum Gasteiger partial charge on any atom is -0.298 e. The fourth-order valence-corrected chi connectivity index (χ4v) is 3.24. The number of benzene rings is 2. The molecule has 1 N–H and O–H groups in total. The van der Waals surface area contributed by atoms with Crippen molar-refractivity contribution in [2.75, 3.05) is 5.32 Å². The number of fused-ring (bicyclic) bond motifs is 1. The van der Waals surface area contributed by atoms with E-state index in [0.717, 1.165) is 21.3 Å². The minimum atomic E-state index is -0.906. The van der Waals surface area contributed by atoms with Crippen LogP contribution in [-0.4, -0.2) is 10.9 Å². The number of carbonyl (C=O) groups excluding carboxylic acids is 1. The molecule has 3 aromatic rings. The fraction of sp³-hybridized carbons (Fsp3) is 0. The van der Waals surface area contributed by atoms with E-state index in [1.807, 2.05) is 12.1 Å². The summed E-state index contributed by atoms with van der Waals surface area (Å²) in [4.78, 5) is 16.2. The van der Waals surface area contributed by atoms with Crippen molar-refractivity contribution >= 4 is 48.5 Å². The zero-order valence-electron chi connectivity index (χ0n) is 10.4. The van der Waals surface area contributed by atoms with Crippen LogP contribution in [0.2, 0.25) is 0 Å². The molecular formula is C14H7BrF2N2OS. The smallest absolute Gasteiger partial charge is 0.263 e. The molecule has 0 aliphatic rings. The lowest BCUT2D eigenvalue weighted by Gasteiger charge is -2.03. The number of nitrogens with one attached hydrogen (secondary N) is 1. The van der Waals surface area contributed by atoms with Crippen LogP contribution in [0.1, 0.15) is 10.4 Å². The summed E-state index contributed by atoms with van der Waals surface area (Å²) in [7, 11) is 0. The Morgan fingerprint density at radius 3 is 2.62 bits per heavy atom. The lowest BCUT2D eigenvalue weighted by Crippen LogP contribution is -2.15. The van der Waals surface area contributed by atoms with Crippen molar-refractivity contribution in [2.45, 2.75) is 0 Å². The average molecular weight is 369 g/mol. The predicted molar refractivity (Wildman–Crippen MR) is 81.6 cm³/mol. The Kier molecular flexibility index (Phi) is 3.69. The molecule has 106 valence electrons. The molecule has 0 fully saturated rings. The molecule has 0 saturated heterocycles. The summed E-state index contributed by atoms with van der Waals surface area (Å²) in [6.07, 6.45) is 0. The van der Waals surface area contributed by atoms with Gasteiger partial charge in [0.2, 0.25) is 0 Å². The first-order valence-electron chi connectivity index (χ1n) is 5.86. The molecule has 7 heteroatoms. The highest BCUT2D eigenvalue weighted by Gasteiger charge is 2.18. The van der Waals surface area contributed by atoms with Crippen molar-refractivity contribution in [2.24, 2.45) is 0 Å². The number of halogens is 3. The van der Waals surface area contributed by atoms with Gasteiger partial charge in [-0.25, -0.2) is 13.8 Å². The van der Waals surface area contributed by atoms with Crippen LogP contribution in [0.4, 0.5) is 13.9 Å². The van der Waals surface area contributed by atoms with Gasteiger partial charge in [0.05, 0.1) is 10.2 Å². The lowest BCUT2D eigenvalue weighted by atomic mass is 10.2. The van der Waals surface area contributed by atoms with E-state index in [0.29, 0.717) is 5.52 Å². The van der Waals surface area contributed by atoms with Crippen molar-refractivity contribution in [1.82, 2.24) is 4.98 Å². The van der Waals surface area contributed by atoms with E-state index in [9.17, 15) is 13.6 Å². The van der Waals surface area contributed by atoms with Gasteiger partial charge in [-0.1, -0.05) is 33.3 Å². The molecule has 0 unspecified atom stereocenters. The Morgan fingerprint density at radius 2 is 1.90 bits per heavy atom. The summed E-state index contributed by atoms with van der Waals surface area (Å²) in [5, 5.41) is 2.71. The Morgan fingerprint density at radius 1 is 1.19 bits per heavy atom. The highest BCUT2D eigenvalue weighted by molar-refractivity contribution is 9.10. The van der Waals surface area contributed by atoms with E-state index >= 15 is 0 Å². The Hall–Kier alpha value is -1.86. The predicted octanol–water partition coefficient (Wildman–Crippen LogP) is 4.59. The second-order valence-electron chi connectivity index (χ2n) is 4.18. The molecule has 1 heterocycles. The van der Waals surface area contributed by atoms with Crippen molar-refractivity contribution in [3.63, 3.8) is 0 Å². The number of carbonyl (C=O) groups is 1. The minimum absolute atomic E-state index is 0.288. The first-order chi connectivity index (χ1) is 10.0. The van der Waals surface area contributed by atoms with E-state index in [-0.39, 0.29) is 5.13 Å². The van der Waals surface area contributed by atoms with Crippen molar-refractivity contribution in [3.8, 4) is 0 Å². The van der Waals surface area contributed by atoms with Crippen LogP contribution in [-0.2, 0) is 0 Å². The molecule has 0 radical (unpaired) electrons. The van der Waals surface area contributed by atoms with Crippen LogP contribution in [0.25, 0.3) is 10.2 Å². The molecule has 1 amide bonds. The quantitative estimate of drug-likeness (QED) is 0.718. The Bertz CT molecular complexity index is 830. The average Bonchev–Trinajstić information content (AvgIpc) is 2.79. The summed E-state index contributed by atoms with van der Waals surface area (Å²) in [5.41, 5.74) is 0.0884. The van der Waals surface area contributed by atoms with Gasteiger partial charge in [-0.3, -0.25) is 10.1 Å². The largest absolute Gasteiger partial charge is 0.298 e. The van der Waals surface area contributed by atoms with Crippen LogP contribution in [0.3, 0.4) is 0 Å². The maximum atomic E-state index is 13.5. The summed E-state index contributed by atoms with van der Waals surface area (Å²) in [5.74, 6) is -2.67. The SMILES string of the molecule is O=C(Nc1nc2ccc(Br)cc2s1)c1c(F)cccc1F. The maximum absolute atomic E-state index is 13.5. The highest BCUT2D eigenvalue weighted by Crippen LogP contribution is 2.29. The van der Waals surface area contributed by atoms with Gasteiger partial charge in [-0.2, -0.15) is 0 Å². The second kappa shape index (κ2) is 5.50. The summed E-state index contributed by atoms with van der Waals surface area (Å²) >= 11 is 4.57. The molecule has 2 aromatic carbocycles. The third-order valence-corrected chi connectivity index (χ3v) is 4.19. The van der Waals surface area contributed by atoms with Crippen LogP contribution in [0.5, 0.6) is 0 Å². The van der Waals surface area contributed by atoms with Gasteiger partial charge in [0.15, 0.2) is 5.13 Å². The summed E-state index contributed by atoms with van der Waals surface area (Å²) < 4.78 is 28.8. The fourth-order valence-electron chi connectivity index (χ4n) is 1.83. The normalized spacial score (nSPS) is 10.8. The number of hydrogen-bond acceptors (Lipinski definition) is 3. The molecule has 0 atom stereocenters. The monoisotopic (exact) mass is 368 g/mol. The maximum Gasteiger partial charge on any atom is 0.263 e. The Balaban J connectivity index is 1.93. The van der Waals surface area contributed by atoms with Gasteiger partial charge in [0, 0.05) is 4.47 Å². The molecule has 0 bridgehead atoms. The number of anilines is 1. The van der Waals surface area contributed by atoms with Crippen LogP contribution >= 0.6 is 27.3 Å². The zero-order chi connectivity index (χ0) is 15.0. The van der Waals surface area contributed by atoms with E-state index in [1.54, 1.807) is 6.07 Å². The van der Waals surface area contributed by atoms with Gasteiger partial charge in [-0.05, 0) is 30.3 Å². The highest BCUT2D eigenvalue weighted by atomic mass is 79.9. The van der Waals surface area contributed by atoms with E-state index in [4.69, 9.17) is 0 Å². The van der Waals surface area contributed by atoms with Crippen molar-refractivity contribution in [3.05, 3.63) is 58.1 Å². The van der Waals surface area contributed by atoms with Crippen molar-refractivity contribution < 1.29 is 13.6 Å². The van der Waals surface area contributed by atoms with Gasteiger partial charge in [0.1, 0.15) is 17.2 Å². The number of rotatable bonds is 2. The molecule has 0 aliphatic carbocycles. The molecule has 0 spiro atoms. The van der Waals surface area contributed by atoms with E-state index in [2.05, 4.69) is 26.2 Å². The van der Waals surface area contributed by atoms with Crippen LogP contribution < -0.4 is 5.32 Å². The number of thiazole rings is 1. The number of aromatic nitrogens is 1. The standard InChI is InChI=1S/C14H7BrF2N2OS/c15-7-4-5-10-11(6-7)21-14(18-10)19-13(20)12-8(16)2-1-3-9(12)17/h1-6H,(H,18,19,20).